The zero-order valence-electron chi connectivity index (χ0n) is 14.2. The van der Waals surface area contributed by atoms with Gasteiger partial charge in [-0.25, -0.2) is 4.79 Å². The number of esters is 1. The molecule has 0 aromatic carbocycles. The van der Waals surface area contributed by atoms with Gasteiger partial charge < -0.3 is 4.74 Å². The number of carbonyl (C=O) groups excluding carboxylic acids is 1. The van der Waals surface area contributed by atoms with Crippen LogP contribution < -0.4 is 4.57 Å². The van der Waals surface area contributed by atoms with Crippen molar-refractivity contribution >= 4 is 5.97 Å². The monoisotopic (exact) mass is 314 g/mol. The van der Waals surface area contributed by atoms with Crippen molar-refractivity contribution < 1.29 is 14.1 Å². The molecule has 124 valence electrons. The smallest absolute Gasteiger partial charge is 0.372 e. The first kappa shape index (κ1) is 15.2. The van der Waals surface area contributed by atoms with Gasteiger partial charge in [0.15, 0.2) is 11.9 Å². The lowest BCUT2D eigenvalue weighted by Crippen LogP contribution is -2.46. The molecule has 3 heteroatoms. The molecule has 23 heavy (non-hydrogen) atoms. The molecule has 0 atom stereocenters. The van der Waals surface area contributed by atoms with Gasteiger partial charge in [-0.2, -0.15) is 4.57 Å². The largest absolute Gasteiger partial charge is 0.461 e. The molecule has 0 saturated heterocycles. The Bertz CT molecular complexity index is 560. The summed E-state index contributed by atoms with van der Waals surface area (Å²) in [7, 11) is 0. The Balaban J connectivity index is 1.29. The molecule has 1 heterocycles. The number of aromatic nitrogens is 1. The third-order valence-electron chi connectivity index (χ3n) is 6.53. The molecular formula is C20H28NO2+. The number of hydrogen-bond acceptors (Lipinski definition) is 2. The summed E-state index contributed by atoms with van der Waals surface area (Å²) in [6, 6.07) is 5.96. The van der Waals surface area contributed by atoms with Crippen molar-refractivity contribution in [3.05, 3.63) is 30.1 Å². The normalized spacial score (nSPS) is 34.6. The van der Waals surface area contributed by atoms with Crippen molar-refractivity contribution in [1.29, 1.82) is 0 Å². The third kappa shape index (κ3) is 3.15. The zero-order valence-corrected chi connectivity index (χ0v) is 14.2. The predicted octanol–water partition coefficient (Wildman–Crippen LogP) is 3.43. The van der Waals surface area contributed by atoms with Crippen LogP contribution in [0.3, 0.4) is 0 Å². The summed E-state index contributed by atoms with van der Waals surface area (Å²) in [6.45, 7) is 2.95. The van der Waals surface area contributed by atoms with Crippen LogP contribution in [0.2, 0.25) is 0 Å². The Hall–Kier alpha value is -1.38. The zero-order chi connectivity index (χ0) is 15.9. The van der Waals surface area contributed by atoms with Gasteiger partial charge in [0.2, 0.25) is 6.54 Å². The van der Waals surface area contributed by atoms with E-state index < -0.39 is 0 Å². The maximum absolute atomic E-state index is 12.1. The van der Waals surface area contributed by atoms with E-state index in [-0.39, 0.29) is 5.97 Å². The highest BCUT2D eigenvalue weighted by Gasteiger charge is 2.50. The second-order valence-electron chi connectivity index (χ2n) is 8.36. The highest BCUT2D eigenvalue weighted by molar-refractivity contribution is 5.67. The molecular weight excluding hydrogens is 286 g/mol. The van der Waals surface area contributed by atoms with Crippen LogP contribution in [0.1, 0.15) is 50.6 Å². The first-order valence-electron chi connectivity index (χ1n) is 9.23. The SMILES string of the molecule is Cc1cccc[n+]1CC(=O)OCCC12CC3CC(CC(C3)C1)C2. The van der Waals surface area contributed by atoms with Crippen LogP contribution in [0.25, 0.3) is 0 Å². The van der Waals surface area contributed by atoms with E-state index in [2.05, 4.69) is 0 Å². The van der Waals surface area contributed by atoms with Crippen LogP contribution in [0, 0.1) is 30.1 Å². The molecule has 4 bridgehead atoms. The molecule has 4 fully saturated rings. The molecule has 4 aliphatic rings. The number of ether oxygens (including phenoxy) is 1. The van der Waals surface area contributed by atoms with Crippen LogP contribution in [-0.4, -0.2) is 12.6 Å². The van der Waals surface area contributed by atoms with Gasteiger partial charge in [0.25, 0.3) is 0 Å². The predicted molar refractivity (Wildman–Crippen MR) is 87.6 cm³/mol. The first-order chi connectivity index (χ1) is 11.1. The van der Waals surface area contributed by atoms with Crippen LogP contribution >= 0.6 is 0 Å². The lowest BCUT2D eigenvalue weighted by atomic mass is 9.49. The van der Waals surface area contributed by atoms with Crippen molar-refractivity contribution in [2.24, 2.45) is 23.2 Å². The minimum Gasteiger partial charge on any atom is -0.461 e. The molecule has 3 nitrogen and oxygen atoms in total. The number of carbonyl (C=O) groups is 1. The summed E-state index contributed by atoms with van der Waals surface area (Å²) < 4.78 is 7.53. The Morgan fingerprint density at radius 3 is 2.43 bits per heavy atom. The standard InChI is InChI=1S/C20H28NO2/c1-15-4-2-3-6-21(15)14-19(22)23-7-5-20-11-16-8-17(12-20)10-18(9-16)13-20/h2-4,6,16-18H,5,7-14H2,1H3/q+1. The number of rotatable bonds is 5. The van der Waals surface area contributed by atoms with Crippen molar-refractivity contribution in [2.45, 2.75) is 58.4 Å². The number of hydrogen-bond donors (Lipinski definition) is 0. The fourth-order valence-electron chi connectivity index (χ4n) is 5.90. The topological polar surface area (TPSA) is 30.2 Å². The van der Waals surface area contributed by atoms with E-state index in [9.17, 15) is 4.79 Å². The summed E-state index contributed by atoms with van der Waals surface area (Å²) in [5, 5.41) is 0. The fraction of sp³-hybridized carbons (Fsp3) is 0.700. The van der Waals surface area contributed by atoms with E-state index in [0.29, 0.717) is 18.6 Å². The fourth-order valence-corrected chi connectivity index (χ4v) is 5.90. The summed E-state index contributed by atoms with van der Waals surface area (Å²) in [4.78, 5) is 12.1. The van der Waals surface area contributed by atoms with E-state index in [1.807, 2.05) is 35.9 Å². The third-order valence-corrected chi connectivity index (χ3v) is 6.53. The van der Waals surface area contributed by atoms with Gasteiger partial charge in [-0.05, 0) is 68.1 Å². The average Bonchev–Trinajstić information content (AvgIpc) is 2.48. The summed E-state index contributed by atoms with van der Waals surface area (Å²) >= 11 is 0. The summed E-state index contributed by atoms with van der Waals surface area (Å²) in [5.74, 6) is 2.81. The van der Waals surface area contributed by atoms with E-state index in [1.54, 1.807) is 0 Å². The summed E-state index contributed by atoms with van der Waals surface area (Å²) in [5.41, 5.74) is 1.59. The molecule has 0 radical (unpaired) electrons. The first-order valence-corrected chi connectivity index (χ1v) is 9.23. The quantitative estimate of drug-likeness (QED) is 0.616. The Labute approximate surface area is 139 Å². The van der Waals surface area contributed by atoms with Crippen LogP contribution in [-0.2, 0) is 16.1 Å². The lowest BCUT2D eigenvalue weighted by Gasteiger charge is -2.57. The molecule has 0 aliphatic heterocycles. The molecule has 4 aliphatic carbocycles. The van der Waals surface area contributed by atoms with E-state index >= 15 is 0 Å². The highest BCUT2D eigenvalue weighted by atomic mass is 16.5. The maximum Gasteiger partial charge on any atom is 0.372 e. The summed E-state index contributed by atoms with van der Waals surface area (Å²) in [6.07, 6.45) is 11.6. The minimum atomic E-state index is -0.103. The van der Waals surface area contributed by atoms with Crippen LogP contribution in [0.5, 0.6) is 0 Å². The molecule has 0 spiro atoms. The molecule has 0 amide bonds. The Morgan fingerprint density at radius 2 is 1.83 bits per heavy atom. The molecule has 1 aromatic heterocycles. The van der Waals surface area contributed by atoms with Crippen molar-refractivity contribution in [3.63, 3.8) is 0 Å². The number of pyridine rings is 1. The number of aryl methyl sites for hydroxylation is 1. The van der Waals surface area contributed by atoms with Gasteiger partial charge in [-0.15, -0.1) is 0 Å². The Morgan fingerprint density at radius 1 is 1.17 bits per heavy atom. The second kappa shape index (κ2) is 5.92. The highest BCUT2D eigenvalue weighted by Crippen LogP contribution is 2.61. The Kier molecular flexibility index (Phi) is 3.90. The van der Waals surface area contributed by atoms with E-state index in [4.69, 9.17) is 4.74 Å². The van der Waals surface area contributed by atoms with E-state index in [1.165, 1.54) is 38.5 Å². The van der Waals surface area contributed by atoms with Gasteiger partial charge in [0, 0.05) is 19.1 Å². The minimum absolute atomic E-state index is 0.103. The molecule has 4 saturated carbocycles. The maximum atomic E-state index is 12.1. The van der Waals surface area contributed by atoms with Gasteiger partial charge in [0.05, 0.1) is 6.61 Å². The number of nitrogens with zero attached hydrogens (tertiary/aromatic N) is 1. The van der Waals surface area contributed by atoms with E-state index in [0.717, 1.165) is 29.9 Å². The molecule has 0 unspecified atom stereocenters. The van der Waals surface area contributed by atoms with Crippen molar-refractivity contribution in [1.82, 2.24) is 0 Å². The van der Waals surface area contributed by atoms with Crippen LogP contribution in [0.15, 0.2) is 24.4 Å². The average molecular weight is 314 g/mol. The van der Waals surface area contributed by atoms with Gasteiger partial charge >= 0.3 is 5.97 Å². The van der Waals surface area contributed by atoms with Gasteiger partial charge in [0.1, 0.15) is 0 Å². The molecule has 1 aromatic rings. The van der Waals surface area contributed by atoms with Crippen molar-refractivity contribution in [2.75, 3.05) is 6.61 Å². The molecule has 5 rings (SSSR count). The van der Waals surface area contributed by atoms with Crippen LogP contribution in [0.4, 0.5) is 0 Å². The second-order valence-corrected chi connectivity index (χ2v) is 8.36. The molecule has 0 N–H and O–H groups in total. The van der Waals surface area contributed by atoms with Gasteiger partial charge in [-0.1, -0.05) is 6.07 Å². The lowest BCUT2D eigenvalue weighted by molar-refractivity contribution is -0.691. The van der Waals surface area contributed by atoms with Gasteiger partial charge in [-0.3, -0.25) is 0 Å². The van der Waals surface area contributed by atoms with Crippen molar-refractivity contribution in [3.8, 4) is 0 Å².